The van der Waals surface area contributed by atoms with Gasteiger partial charge < -0.3 is 4.42 Å². The van der Waals surface area contributed by atoms with E-state index in [0.29, 0.717) is 0 Å². The van der Waals surface area contributed by atoms with Crippen molar-refractivity contribution in [2.24, 2.45) is 0 Å². The summed E-state index contributed by atoms with van der Waals surface area (Å²) < 4.78 is 6.07. The summed E-state index contributed by atoms with van der Waals surface area (Å²) in [4.78, 5) is 13.4. The van der Waals surface area contributed by atoms with E-state index in [2.05, 4.69) is 21.0 Å². The Morgan fingerprint density at radius 3 is 2.74 bits per heavy atom. The molecule has 0 bridgehead atoms. The molecule has 0 unspecified atom stereocenters. The maximum atomic E-state index is 6.07. The Kier molecular flexibility index (Phi) is 2.46. The molecule has 4 aromatic heterocycles. The molecule has 0 saturated heterocycles. The number of hydrogen-bond donors (Lipinski definition) is 0. The van der Waals surface area contributed by atoms with E-state index in [4.69, 9.17) is 4.42 Å². The van der Waals surface area contributed by atoms with Gasteiger partial charge in [0.2, 0.25) is 0 Å². The average Bonchev–Trinajstić information content (AvgIpc) is 3.00. The molecule has 0 amide bonds. The van der Waals surface area contributed by atoms with Crippen LogP contribution >= 0.6 is 0 Å². The lowest BCUT2D eigenvalue weighted by atomic mass is 10.1. The molecule has 4 heterocycles. The van der Waals surface area contributed by atoms with E-state index in [1.165, 1.54) is 0 Å². The Balaban J connectivity index is 1.93. The molecular weight excluding hydrogens is 286 g/mol. The summed E-state index contributed by atoms with van der Waals surface area (Å²) in [5.74, 6) is 0. The van der Waals surface area contributed by atoms with E-state index in [-0.39, 0.29) is 0 Å². The quantitative estimate of drug-likeness (QED) is 0.454. The zero-order valence-corrected chi connectivity index (χ0v) is 12.1. The molecule has 5 aromatic rings. The topological polar surface area (TPSA) is 51.8 Å². The molecule has 23 heavy (non-hydrogen) atoms. The van der Waals surface area contributed by atoms with Gasteiger partial charge in [-0.15, -0.1) is 0 Å². The van der Waals surface area contributed by atoms with E-state index in [0.717, 1.165) is 44.1 Å². The Morgan fingerprint density at radius 1 is 0.783 bits per heavy atom. The molecule has 108 valence electrons. The van der Waals surface area contributed by atoms with E-state index in [1.807, 2.05) is 42.6 Å². The van der Waals surface area contributed by atoms with Crippen molar-refractivity contribution in [3.05, 3.63) is 67.3 Å². The van der Waals surface area contributed by atoms with Crippen molar-refractivity contribution in [1.29, 1.82) is 0 Å². The van der Waals surface area contributed by atoms with Crippen LogP contribution in [0.15, 0.2) is 71.7 Å². The first-order valence-corrected chi connectivity index (χ1v) is 7.37. The van der Waals surface area contributed by atoms with Crippen molar-refractivity contribution in [3.8, 4) is 11.3 Å². The summed E-state index contributed by atoms with van der Waals surface area (Å²) >= 11 is 0. The minimum Gasteiger partial charge on any atom is -0.454 e. The molecule has 4 heteroatoms. The van der Waals surface area contributed by atoms with E-state index in [9.17, 15) is 0 Å². The van der Waals surface area contributed by atoms with Crippen LogP contribution in [0.3, 0.4) is 0 Å². The SMILES string of the molecule is c1cnc2c(-c3nccc4c3oc3ccccc34)cncc2c1. The van der Waals surface area contributed by atoms with Crippen molar-refractivity contribution >= 4 is 32.8 Å². The molecule has 0 N–H and O–H groups in total. The molecule has 0 aliphatic carbocycles. The smallest absolute Gasteiger partial charge is 0.161 e. The molecule has 0 radical (unpaired) electrons. The van der Waals surface area contributed by atoms with Crippen LogP contribution in [0.4, 0.5) is 0 Å². The number of fused-ring (bicyclic) bond motifs is 4. The summed E-state index contributed by atoms with van der Waals surface area (Å²) in [7, 11) is 0. The van der Waals surface area contributed by atoms with Gasteiger partial charge in [0.1, 0.15) is 11.3 Å². The van der Waals surface area contributed by atoms with Crippen LogP contribution in [0.2, 0.25) is 0 Å². The number of pyridine rings is 3. The first-order chi connectivity index (χ1) is 11.4. The summed E-state index contributed by atoms with van der Waals surface area (Å²) in [6.07, 6.45) is 7.20. The molecule has 0 aliphatic rings. The minimum atomic E-state index is 0.772. The molecule has 0 saturated carbocycles. The van der Waals surface area contributed by atoms with Crippen LogP contribution in [0.1, 0.15) is 0 Å². The second-order valence-corrected chi connectivity index (χ2v) is 5.40. The number of para-hydroxylation sites is 1. The van der Waals surface area contributed by atoms with Crippen LogP contribution in [0, 0.1) is 0 Å². The lowest BCUT2D eigenvalue weighted by Crippen LogP contribution is -1.89. The van der Waals surface area contributed by atoms with Gasteiger partial charge in [-0.25, -0.2) is 0 Å². The van der Waals surface area contributed by atoms with Crippen LogP contribution in [0.25, 0.3) is 44.1 Å². The van der Waals surface area contributed by atoms with Gasteiger partial charge in [0, 0.05) is 46.5 Å². The van der Waals surface area contributed by atoms with Crippen molar-refractivity contribution in [2.75, 3.05) is 0 Å². The third-order valence-corrected chi connectivity index (χ3v) is 4.06. The van der Waals surface area contributed by atoms with Crippen molar-refractivity contribution in [1.82, 2.24) is 15.0 Å². The van der Waals surface area contributed by atoms with Gasteiger partial charge in [-0.2, -0.15) is 0 Å². The number of rotatable bonds is 1. The van der Waals surface area contributed by atoms with Crippen molar-refractivity contribution in [3.63, 3.8) is 0 Å². The number of hydrogen-bond acceptors (Lipinski definition) is 4. The van der Waals surface area contributed by atoms with Gasteiger partial charge in [0.05, 0.1) is 5.52 Å². The largest absolute Gasteiger partial charge is 0.454 e. The number of nitrogens with zero attached hydrogens (tertiary/aromatic N) is 3. The zero-order valence-electron chi connectivity index (χ0n) is 12.1. The normalized spacial score (nSPS) is 11.5. The maximum Gasteiger partial charge on any atom is 0.161 e. The Bertz CT molecular complexity index is 1170. The second kappa shape index (κ2) is 4.61. The van der Waals surface area contributed by atoms with Crippen molar-refractivity contribution < 1.29 is 4.42 Å². The summed E-state index contributed by atoms with van der Waals surface area (Å²) in [5, 5.41) is 3.13. The molecule has 0 spiro atoms. The predicted octanol–water partition coefficient (Wildman–Crippen LogP) is 4.59. The third-order valence-electron chi connectivity index (χ3n) is 4.06. The average molecular weight is 297 g/mol. The minimum absolute atomic E-state index is 0.772. The highest BCUT2D eigenvalue weighted by atomic mass is 16.3. The fourth-order valence-corrected chi connectivity index (χ4v) is 3.02. The van der Waals surface area contributed by atoms with Crippen LogP contribution < -0.4 is 0 Å². The second-order valence-electron chi connectivity index (χ2n) is 5.40. The van der Waals surface area contributed by atoms with Crippen LogP contribution in [0.5, 0.6) is 0 Å². The molecule has 4 nitrogen and oxygen atoms in total. The van der Waals surface area contributed by atoms with Crippen molar-refractivity contribution in [2.45, 2.75) is 0 Å². The van der Waals surface area contributed by atoms with E-state index < -0.39 is 0 Å². The Hall–Kier alpha value is -3.27. The molecule has 1 aromatic carbocycles. The number of benzene rings is 1. The van der Waals surface area contributed by atoms with E-state index in [1.54, 1.807) is 18.6 Å². The summed E-state index contributed by atoms with van der Waals surface area (Å²) in [6.45, 7) is 0. The summed E-state index contributed by atoms with van der Waals surface area (Å²) in [5.41, 5.74) is 4.16. The van der Waals surface area contributed by atoms with Crippen LogP contribution in [-0.4, -0.2) is 15.0 Å². The first kappa shape index (κ1) is 12.3. The van der Waals surface area contributed by atoms with Crippen LogP contribution in [-0.2, 0) is 0 Å². The number of aromatic nitrogens is 3. The van der Waals surface area contributed by atoms with E-state index >= 15 is 0 Å². The molecule has 5 rings (SSSR count). The fourth-order valence-electron chi connectivity index (χ4n) is 3.02. The highest BCUT2D eigenvalue weighted by Gasteiger charge is 2.15. The Labute approximate surface area is 131 Å². The van der Waals surface area contributed by atoms with Gasteiger partial charge in [-0.1, -0.05) is 18.2 Å². The molecule has 0 fully saturated rings. The fraction of sp³-hybridized carbons (Fsp3) is 0. The molecular formula is C19H11N3O. The molecule has 0 atom stereocenters. The van der Waals surface area contributed by atoms with Gasteiger partial charge >= 0.3 is 0 Å². The standard InChI is InChI=1S/C19H11N3O/c1-2-6-16-13(5-1)14-7-9-22-18(19(14)23-16)15-11-20-10-12-4-3-8-21-17(12)15/h1-11H. The highest BCUT2D eigenvalue weighted by Crippen LogP contribution is 2.35. The third kappa shape index (κ3) is 1.75. The predicted molar refractivity (Wildman–Crippen MR) is 90.0 cm³/mol. The lowest BCUT2D eigenvalue weighted by Gasteiger charge is -2.04. The lowest BCUT2D eigenvalue weighted by molar-refractivity contribution is 0.668. The monoisotopic (exact) mass is 297 g/mol. The van der Waals surface area contributed by atoms with Gasteiger partial charge in [-0.3, -0.25) is 15.0 Å². The van der Waals surface area contributed by atoms with Gasteiger partial charge in [0.15, 0.2) is 5.58 Å². The molecule has 0 aliphatic heterocycles. The van der Waals surface area contributed by atoms with Gasteiger partial charge in [0.25, 0.3) is 0 Å². The highest BCUT2D eigenvalue weighted by molar-refractivity contribution is 6.10. The summed E-state index contributed by atoms with van der Waals surface area (Å²) in [6, 6.07) is 13.9. The number of furan rings is 1. The Morgan fingerprint density at radius 2 is 1.74 bits per heavy atom. The zero-order chi connectivity index (χ0) is 15.2. The van der Waals surface area contributed by atoms with Gasteiger partial charge in [-0.05, 0) is 24.3 Å². The maximum absolute atomic E-state index is 6.07. The first-order valence-electron chi connectivity index (χ1n) is 7.37.